The Labute approximate surface area is 85.9 Å². The SMILES string of the molecule is COC(C)CNC1COC(C)(C)OC1. The van der Waals surface area contributed by atoms with E-state index in [0.717, 1.165) is 6.54 Å². The molecule has 0 bridgehead atoms. The van der Waals surface area contributed by atoms with E-state index in [4.69, 9.17) is 14.2 Å². The highest BCUT2D eigenvalue weighted by Gasteiger charge is 2.27. The van der Waals surface area contributed by atoms with Gasteiger partial charge in [-0.2, -0.15) is 0 Å². The summed E-state index contributed by atoms with van der Waals surface area (Å²) in [5.41, 5.74) is 0. The van der Waals surface area contributed by atoms with Crippen LogP contribution in [0.1, 0.15) is 20.8 Å². The van der Waals surface area contributed by atoms with Crippen molar-refractivity contribution in [1.82, 2.24) is 5.32 Å². The van der Waals surface area contributed by atoms with Crippen LogP contribution in [-0.2, 0) is 14.2 Å². The summed E-state index contributed by atoms with van der Waals surface area (Å²) in [5.74, 6) is -0.426. The third-order valence-corrected chi connectivity index (χ3v) is 2.36. The predicted octanol–water partition coefficient (Wildman–Crippen LogP) is 0.762. The first-order chi connectivity index (χ1) is 6.53. The first-order valence-corrected chi connectivity index (χ1v) is 5.07. The molecule has 1 aliphatic rings. The lowest BCUT2D eigenvalue weighted by molar-refractivity contribution is -0.253. The van der Waals surface area contributed by atoms with Crippen molar-refractivity contribution in [2.75, 3.05) is 26.9 Å². The molecule has 4 nitrogen and oxygen atoms in total. The normalized spacial score (nSPS) is 24.9. The lowest BCUT2D eigenvalue weighted by atomic mass is 10.2. The molecule has 0 aromatic rings. The number of methoxy groups -OCH3 is 1. The van der Waals surface area contributed by atoms with Gasteiger partial charge in [0.05, 0.1) is 25.4 Å². The van der Waals surface area contributed by atoms with Gasteiger partial charge in [-0.05, 0) is 20.8 Å². The molecule has 0 aromatic carbocycles. The fourth-order valence-electron chi connectivity index (χ4n) is 1.23. The molecule has 14 heavy (non-hydrogen) atoms. The van der Waals surface area contributed by atoms with E-state index in [9.17, 15) is 0 Å². The highest BCUT2D eigenvalue weighted by molar-refractivity contribution is 4.73. The molecule has 0 spiro atoms. The summed E-state index contributed by atoms with van der Waals surface area (Å²) in [4.78, 5) is 0. The Morgan fingerprint density at radius 1 is 1.43 bits per heavy atom. The minimum atomic E-state index is -0.426. The largest absolute Gasteiger partial charge is 0.380 e. The molecule has 84 valence electrons. The second-order valence-electron chi connectivity index (χ2n) is 4.17. The summed E-state index contributed by atoms with van der Waals surface area (Å²) < 4.78 is 16.2. The van der Waals surface area contributed by atoms with E-state index >= 15 is 0 Å². The van der Waals surface area contributed by atoms with Crippen molar-refractivity contribution in [2.45, 2.75) is 38.7 Å². The van der Waals surface area contributed by atoms with Crippen LogP contribution in [0.15, 0.2) is 0 Å². The van der Waals surface area contributed by atoms with E-state index in [1.54, 1.807) is 7.11 Å². The van der Waals surface area contributed by atoms with E-state index in [1.807, 2.05) is 20.8 Å². The third kappa shape index (κ3) is 3.92. The molecule has 1 atom stereocenters. The number of nitrogens with one attached hydrogen (secondary N) is 1. The fraction of sp³-hybridized carbons (Fsp3) is 1.00. The molecule has 4 heteroatoms. The molecule has 1 fully saturated rings. The third-order valence-electron chi connectivity index (χ3n) is 2.36. The maximum absolute atomic E-state index is 5.52. The van der Waals surface area contributed by atoms with Gasteiger partial charge in [0.15, 0.2) is 5.79 Å². The van der Waals surface area contributed by atoms with E-state index in [1.165, 1.54) is 0 Å². The lowest BCUT2D eigenvalue weighted by Gasteiger charge is -2.35. The molecule has 1 N–H and O–H groups in total. The topological polar surface area (TPSA) is 39.7 Å². The Morgan fingerprint density at radius 3 is 2.50 bits per heavy atom. The lowest BCUT2D eigenvalue weighted by Crippen LogP contribution is -2.50. The van der Waals surface area contributed by atoms with Crippen molar-refractivity contribution >= 4 is 0 Å². The first kappa shape index (κ1) is 11.9. The summed E-state index contributed by atoms with van der Waals surface area (Å²) in [7, 11) is 1.71. The molecule has 0 aromatic heterocycles. The Morgan fingerprint density at radius 2 is 2.00 bits per heavy atom. The van der Waals surface area contributed by atoms with Crippen molar-refractivity contribution in [1.29, 1.82) is 0 Å². The van der Waals surface area contributed by atoms with Gasteiger partial charge in [-0.1, -0.05) is 0 Å². The average Bonchev–Trinajstić information content (AvgIpc) is 2.16. The Bertz CT molecular complexity index is 163. The van der Waals surface area contributed by atoms with E-state index in [2.05, 4.69) is 5.32 Å². The van der Waals surface area contributed by atoms with E-state index < -0.39 is 5.79 Å². The minimum absolute atomic E-state index is 0.227. The Hall–Kier alpha value is -0.160. The van der Waals surface area contributed by atoms with E-state index in [-0.39, 0.29) is 12.1 Å². The minimum Gasteiger partial charge on any atom is -0.380 e. The van der Waals surface area contributed by atoms with Gasteiger partial charge in [0.2, 0.25) is 0 Å². The van der Waals surface area contributed by atoms with Crippen LogP contribution in [0, 0.1) is 0 Å². The first-order valence-electron chi connectivity index (χ1n) is 5.07. The number of hydrogen-bond acceptors (Lipinski definition) is 4. The van der Waals surface area contributed by atoms with Gasteiger partial charge >= 0.3 is 0 Å². The molecular weight excluding hydrogens is 182 g/mol. The molecule has 0 saturated carbocycles. The molecule has 0 radical (unpaired) electrons. The quantitative estimate of drug-likeness (QED) is 0.732. The van der Waals surface area contributed by atoms with Crippen molar-refractivity contribution in [3.05, 3.63) is 0 Å². The van der Waals surface area contributed by atoms with Gasteiger partial charge in [-0.15, -0.1) is 0 Å². The molecule has 0 aliphatic carbocycles. The van der Waals surface area contributed by atoms with Gasteiger partial charge in [-0.25, -0.2) is 0 Å². The predicted molar refractivity (Wildman–Crippen MR) is 54.2 cm³/mol. The summed E-state index contributed by atoms with van der Waals surface area (Å²) in [6.45, 7) is 8.12. The van der Waals surface area contributed by atoms with Crippen LogP contribution in [0.2, 0.25) is 0 Å². The van der Waals surface area contributed by atoms with Gasteiger partial charge in [0.25, 0.3) is 0 Å². The standard InChI is InChI=1S/C10H21NO3/c1-8(12-4)5-11-9-6-13-10(2,3)14-7-9/h8-9,11H,5-7H2,1-4H3. The van der Waals surface area contributed by atoms with Crippen LogP contribution in [0.4, 0.5) is 0 Å². The molecule has 0 amide bonds. The van der Waals surface area contributed by atoms with Crippen LogP contribution in [-0.4, -0.2) is 44.8 Å². The van der Waals surface area contributed by atoms with Crippen LogP contribution in [0.3, 0.4) is 0 Å². The second-order valence-corrected chi connectivity index (χ2v) is 4.17. The van der Waals surface area contributed by atoms with E-state index in [0.29, 0.717) is 13.2 Å². The van der Waals surface area contributed by atoms with Crippen molar-refractivity contribution in [3.63, 3.8) is 0 Å². The molecule has 1 saturated heterocycles. The molecule has 1 rings (SSSR count). The van der Waals surface area contributed by atoms with Gasteiger partial charge in [0.1, 0.15) is 0 Å². The summed E-state index contributed by atoms with van der Waals surface area (Å²) >= 11 is 0. The summed E-state index contributed by atoms with van der Waals surface area (Å²) in [5, 5.41) is 3.34. The molecular formula is C10H21NO3. The van der Waals surface area contributed by atoms with Gasteiger partial charge < -0.3 is 19.5 Å². The second kappa shape index (κ2) is 5.07. The van der Waals surface area contributed by atoms with Crippen molar-refractivity contribution in [3.8, 4) is 0 Å². The maximum Gasteiger partial charge on any atom is 0.162 e. The van der Waals surface area contributed by atoms with Crippen molar-refractivity contribution in [2.24, 2.45) is 0 Å². The molecule has 1 heterocycles. The Balaban J connectivity index is 2.16. The van der Waals surface area contributed by atoms with Crippen LogP contribution in [0.5, 0.6) is 0 Å². The average molecular weight is 203 g/mol. The highest BCUT2D eigenvalue weighted by atomic mass is 16.7. The molecule has 1 aliphatic heterocycles. The number of hydrogen-bond donors (Lipinski definition) is 1. The zero-order valence-electron chi connectivity index (χ0n) is 9.50. The number of ether oxygens (including phenoxy) is 3. The fourth-order valence-corrected chi connectivity index (χ4v) is 1.23. The molecule has 1 unspecified atom stereocenters. The zero-order chi connectivity index (χ0) is 10.6. The smallest absolute Gasteiger partial charge is 0.162 e. The van der Waals surface area contributed by atoms with Crippen LogP contribution < -0.4 is 5.32 Å². The van der Waals surface area contributed by atoms with Crippen LogP contribution in [0.25, 0.3) is 0 Å². The van der Waals surface area contributed by atoms with Gasteiger partial charge in [0, 0.05) is 13.7 Å². The van der Waals surface area contributed by atoms with Crippen molar-refractivity contribution < 1.29 is 14.2 Å². The van der Waals surface area contributed by atoms with Crippen LogP contribution >= 0.6 is 0 Å². The summed E-state index contributed by atoms with van der Waals surface area (Å²) in [6.07, 6.45) is 0.227. The zero-order valence-corrected chi connectivity index (χ0v) is 9.50. The van der Waals surface area contributed by atoms with Gasteiger partial charge in [-0.3, -0.25) is 0 Å². The Kier molecular flexibility index (Phi) is 4.31. The number of rotatable bonds is 4. The summed E-state index contributed by atoms with van der Waals surface area (Å²) in [6, 6.07) is 0.278. The maximum atomic E-state index is 5.52. The monoisotopic (exact) mass is 203 g/mol. The highest BCUT2D eigenvalue weighted by Crippen LogP contribution is 2.16.